The lowest BCUT2D eigenvalue weighted by molar-refractivity contribution is 1.61. The standard InChI is InChI=1S/C12H10BrN/c13-14-12-8-4-7-11(9-12)10-5-2-1-3-6-10/h1-9,14H. The first kappa shape index (κ1) is 9.28. The van der Waals surface area contributed by atoms with Crippen molar-refractivity contribution in [1.82, 2.24) is 0 Å². The highest BCUT2D eigenvalue weighted by atomic mass is 79.9. The van der Waals surface area contributed by atoms with Crippen molar-refractivity contribution in [3.05, 3.63) is 54.6 Å². The largest absolute Gasteiger partial charge is 0.322 e. The average molecular weight is 248 g/mol. The third-order valence-electron chi connectivity index (χ3n) is 2.08. The van der Waals surface area contributed by atoms with Gasteiger partial charge in [0.1, 0.15) is 0 Å². The fourth-order valence-corrected chi connectivity index (χ4v) is 1.63. The van der Waals surface area contributed by atoms with Gasteiger partial charge in [-0.1, -0.05) is 42.5 Å². The number of hydrogen-bond acceptors (Lipinski definition) is 1. The van der Waals surface area contributed by atoms with Crippen LogP contribution in [0.1, 0.15) is 0 Å². The summed E-state index contributed by atoms with van der Waals surface area (Å²) in [7, 11) is 0. The third-order valence-corrected chi connectivity index (χ3v) is 2.54. The lowest BCUT2D eigenvalue weighted by Crippen LogP contribution is -1.81. The predicted molar refractivity (Wildman–Crippen MR) is 64.4 cm³/mol. The van der Waals surface area contributed by atoms with Crippen molar-refractivity contribution in [2.24, 2.45) is 0 Å². The van der Waals surface area contributed by atoms with Crippen molar-refractivity contribution in [2.75, 3.05) is 4.34 Å². The van der Waals surface area contributed by atoms with Crippen LogP contribution in [0.5, 0.6) is 0 Å². The van der Waals surface area contributed by atoms with Gasteiger partial charge < -0.3 is 4.34 Å². The van der Waals surface area contributed by atoms with Gasteiger partial charge in [0.05, 0.1) is 0 Å². The van der Waals surface area contributed by atoms with Crippen molar-refractivity contribution in [2.45, 2.75) is 0 Å². The van der Waals surface area contributed by atoms with E-state index in [1.54, 1.807) is 0 Å². The summed E-state index contributed by atoms with van der Waals surface area (Å²) in [5.41, 5.74) is 3.51. The number of hydrogen-bond donors (Lipinski definition) is 1. The van der Waals surface area contributed by atoms with Crippen LogP contribution in [0, 0.1) is 0 Å². The zero-order chi connectivity index (χ0) is 9.80. The average Bonchev–Trinajstić information content (AvgIpc) is 2.30. The number of halogens is 1. The topological polar surface area (TPSA) is 12.0 Å². The summed E-state index contributed by atoms with van der Waals surface area (Å²) in [6, 6.07) is 18.6. The van der Waals surface area contributed by atoms with Gasteiger partial charge in [-0.15, -0.1) is 0 Å². The first-order valence-corrected chi connectivity index (χ1v) is 5.21. The van der Waals surface area contributed by atoms with Gasteiger partial charge in [0, 0.05) is 21.8 Å². The van der Waals surface area contributed by atoms with Crippen LogP contribution in [0.4, 0.5) is 5.69 Å². The monoisotopic (exact) mass is 247 g/mol. The molecule has 0 aromatic heterocycles. The second-order valence-corrected chi connectivity index (χ2v) is 3.44. The molecule has 2 aromatic rings. The van der Waals surface area contributed by atoms with Crippen LogP contribution in [0.2, 0.25) is 0 Å². The normalized spacial score (nSPS) is 9.79. The Labute approximate surface area is 92.1 Å². The van der Waals surface area contributed by atoms with E-state index in [1.807, 2.05) is 30.3 Å². The van der Waals surface area contributed by atoms with E-state index in [9.17, 15) is 0 Å². The molecule has 70 valence electrons. The number of rotatable bonds is 2. The van der Waals surface area contributed by atoms with E-state index in [1.165, 1.54) is 11.1 Å². The number of nitrogens with one attached hydrogen (secondary N) is 1. The summed E-state index contributed by atoms with van der Waals surface area (Å²) < 4.78 is 2.95. The molecule has 1 N–H and O–H groups in total. The van der Waals surface area contributed by atoms with Crippen LogP contribution >= 0.6 is 16.1 Å². The van der Waals surface area contributed by atoms with E-state index in [4.69, 9.17) is 0 Å². The van der Waals surface area contributed by atoms with Gasteiger partial charge in [0.15, 0.2) is 0 Å². The number of benzene rings is 2. The van der Waals surface area contributed by atoms with Gasteiger partial charge in [-0.3, -0.25) is 0 Å². The molecule has 0 aliphatic carbocycles. The fourth-order valence-electron chi connectivity index (χ4n) is 1.39. The predicted octanol–water partition coefficient (Wildman–Crippen LogP) is 4.08. The maximum atomic E-state index is 3.21. The smallest absolute Gasteiger partial charge is 0.0465 e. The van der Waals surface area contributed by atoms with Gasteiger partial charge in [0.25, 0.3) is 0 Å². The highest BCUT2D eigenvalue weighted by molar-refractivity contribution is 9.10. The maximum Gasteiger partial charge on any atom is 0.0465 e. The molecule has 2 rings (SSSR count). The molecule has 0 aliphatic heterocycles. The lowest BCUT2D eigenvalue weighted by Gasteiger charge is -2.03. The van der Waals surface area contributed by atoms with E-state index in [-0.39, 0.29) is 0 Å². The van der Waals surface area contributed by atoms with Crippen molar-refractivity contribution in [3.63, 3.8) is 0 Å². The molecule has 0 amide bonds. The van der Waals surface area contributed by atoms with E-state index >= 15 is 0 Å². The van der Waals surface area contributed by atoms with E-state index in [2.05, 4.69) is 44.8 Å². The van der Waals surface area contributed by atoms with Crippen LogP contribution < -0.4 is 4.34 Å². The van der Waals surface area contributed by atoms with Gasteiger partial charge in [0.2, 0.25) is 0 Å². The second kappa shape index (κ2) is 4.29. The summed E-state index contributed by atoms with van der Waals surface area (Å²) in [6.07, 6.45) is 0. The van der Waals surface area contributed by atoms with Crippen LogP contribution in [0.3, 0.4) is 0 Å². The first-order chi connectivity index (χ1) is 6.90. The lowest BCUT2D eigenvalue weighted by atomic mass is 10.1. The number of anilines is 1. The Morgan fingerprint density at radius 1 is 0.786 bits per heavy atom. The SMILES string of the molecule is BrNc1cccc(-c2ccccc2)c1. The minimum Gasteiger partial charge on any atom is -0.322 e. The maximum absolute atomic E-state index is 3.21. The minimum atomic E-state index is 1.06. The second-order valence-electron chi connectivity index (χ2n) is 3.04. The van der Waals surface area contributed by atoms with Gasteiger partial charge in [-0.2, -0.15) is 0 Å². The molecule has 2 heteroatoms. The zero-order valence-electron chi connectivity index (χ0n) is 7.57. The Morgan fingerprint density at radius 2 is 1.50 bits per heavy atom. The molecule has 0 spiro atoms. The molecular weight excluding hydrogens is 238 g/mol. The molecule has 0 aliphatic rings. The molecule has 0 radical (unpaired) electrons. The Kier molecular flexibility index (Phi) is 2.84. The molecule has 0 bridgehead atoms. The fraction of sp³-hybridized carbons (Fsp3) is 0. The van der Waals surface area contributed by atoms with Crippen LogP contribution in [-0.2, 0) is 0 Å². The summed E-state index contributed by atoms with van der Waals surface area (Å²) in [5, 5.41) is 0. The summed E-state index contributed by atoms with van der Waals surface area (Å²) in [4.78, 5) is 0. The summed E-state index contributed by atoms with van der Waals surface area (Å²) in [5.74, 6) is 0. The molecule has 0 saturated heterocycles. The molecule has 0 saturated carbocycles. The van der Waals surface area contributed by atoms with E-state index in [0.717, 1.165) is 5.69 Å². The molecule has 0 fully saturated rings. The van der Waals surface area contributed by atoms with Crippen molar-refractivity contribution in [3.8, 4) is 11.1 Å². The first-order valence-electron chi connectivity index (χ1n) is 4.42. The Balaban J connectivity index is 2.42. The van der Waals surface area contributed by atoms with Crippen molar-refractivity contribution >= 4 is 21.8 Å². The Hall–Kier alpha value is -1.28. The molecule has 1 nitrogen and oxygen atoms in total. The molecule has 0 heterocycles. The Bertz CT molecular complexity index is 412. The van der Waals surface area contributed by atoms with Crippen LogP contribution in [-0.4, -0.2) is 0 Å². The molecular formula is C12H10BrN. The van der Waals surface area contributed by atoms with E-state index in [0.29, 0.717) is 0 Å². The van der Waals surface area contributed by atoms with Gasteiger partial charge >= 0.3 is 0 Å². The van der Waals surface area contributed by atoms with Crippen molar-refractivity contribution < 1.29 is 0 Å². The quantitative estimate of drug-likeness (QED) is 0.789. The molecule has 2 aromatic carbocycles. The molecule has 0 unspecified atom stereocenters. The highest BCUT2D eigenvalue weighted by Crippen LogP contribution is 2.22. The van der Waals surface area contributed by atoms with Crippen molar-refractivity contribution in [1.29, 1.82) is 0 Å². The van der Waals surface area contributed by atoms with Crippen LogP contribution in [0.25, 0.3) is 11.1 Å². The third kappa shape index (κ3) is 1.96. The minimum absolute atomic E-state index is 1.06. The van der Waals surface area contributed by atoms with Gasteiger partial charge in [-0.05, 0) is 23.3 Å². The Morgan fingerprint density at radius 3 is 2.21 bits per heavy atom. The molecule has 14 heavy (non-hydrogen) atoms. The zero-order valence-corrected chi connectivity index (χ0v) is 9.16. The van der Waals surface area contributed by atoms with Gasteiger partial charge in [-0.25, -0.2) is 0 Å². The van der Waals surface area contributed by atoms with E-state index < -0.39 is 0 Å². The molecule has 0 atom stereocenters. The van der Waals surface area contributed by atoms with Crippen LogP contribution in [0.15, 0.2) is 54.6 Å². The summed E-state index contributed by atoms with van der Waals surface area (Å²) >= 11 is 3.21. The summed E-state index contributed by atoms with van der Waals surface area (Å²) in [6.45, 7) is 0. The highest BCUT2D eigenvalue weighted by Gasteiger charge is 1.96.